The third-order valence-corrected chi connectivity index (χ3v) is 2.82. The van der Waals surface area contributed by atoms with Gasteiger partial charge < -0.3 is 19.6 Å². The van der Waals surface area contributed by atoms with Crippen LogP contribution in [-0.2, 0) is 0 Å². The van der Waals surface area contributed by atoms with Gasteiger partial charge in [0.1, 0.15) is 11.3 Å². The molecule has 2 rings (SSSR count). The van der Waals surface area contributed by atoms with Crippen LogP contribution in [0.2, 0.25) is 0 Å². The average molecular weight is 277 g/mol. The molecule has 0 fully saturated rings. The Balaban J connectivity index is 2.42. The van der Waals surface area contributed by atoms with Crippen molar-refractivity contribution in [2.75, 3.05) is 20.3 Å². The number of hydrogen-bond acceptors (Lipinski definition) is 5. The fourth-order valence-corrected chi connectivity index (χ4v) is 1.83. The van der Waals surface area contributed by atoms with Crippen molar-refractivity contribution in [3.05, 3.63) is 40.2 Å². The maximum Gasteiger partial charge on any atom is 0.337 e. The zero-order valence-corrected chi connectivity index (χ0v) is 11.0. The summed E-state index contributed by atoms with van der Waals surface area (Å²) in [6, 6.07) is 6.06. The first-order valence-corrected chi connectivity index (χ1v) is 6.16. The number of methoxy groups -OCH3 is 1. The van der Waals surface area contributed by atoms with E-state index in [0.717, 1.165) is 6.07 Å². The lowest BCUT2D eigenvalue weighted by Gasteiger charge is -2.07. The Hall–Kier alpha value is -2.34. The Labute approximate surface area is 115 Å². The second kappa shape index (κ2) is 6.21. The summed E-state index contributed by atoms with van der Waals surface area (Å²) in [4.78, 5) is 23.5. The Bertz CT molecular complexity index is 677. The smallest absolute Gasteiger partial charge is 0.337 e. The number of carbonyl (C=O) groups excluding carboxylic acids is 1. The SMILES string of the molecule is COc1ccc2c(C(=O)NCCCO)cc(=O)oc2c1. The van der Waals surface area contributed by atoms with Crippen LogP contribution in [-0.4, -0.2) is 31.3 Å². The van der Waals surface area contributed by atoms with Crippen molar-refractivity contribution in [1.82, 2.24) is 5.32 Å². The number of rotatable bonds is 5. The number of benzene rings is 1. The lowest BCUT2D eigenvalue weighted by Crippen LogP contribution is -2.26. The predicted molar refractivity (Wildman–Crippen MR) is 73.1 cm³/mol. The number of fused-ring (bicyclic) bond motifs is 1. The topological polar surface area (TPSA) is 88.8 Å². The lowest BCUT2D eigenvalue weighted by molar-refractivity contribution is 0.0952. The van der Waals surface area contributed by atoms with E-state index >= 15 is 0 Å². The van der Waals surface area contributed by atoms with E-state index in [4.69, 9.17) is 14.3 Å². The van der Waals surface area contributed by atoms with Crippen molar-refractivity contribution in [1.29, 1.82) is 0 Å². The zero-order valence-electron chi connectivity index (χ0n) is 11.0. The van der Waals surface area contributed by atoms with E-state index in [1.807, 2.05) is 0 Å². The zero-order chi connectivity index (χ0) is 14.5. The number of ether oxygens (including phenoxy) is 1. The van der Waals surface area contributed by atoms with Crippen LogP contribution < -0.4 is 15.7 Å². The summed E-state index contributed by atoms with van der Waals surface area (Å²) in [5, 5.41) is 11.9. The number of carbonyl (C=O) groups is 1. The van der Waals surface area contributed by atoms with Gasteiger partial charge in [0.2, 0.25) is 0 Å². The van der Waals surface area contributed by atoms with E-state index in [0.29, 0.717) is 29.7 Å². The molecule has 0 atom stereocenters. The number of nitrogens with one attached hydrogen (secondary N) is 1. The van der Waals surface area contributed by atoms with Crippen LogP contribution in [0.5, 0.6) is 5.75 Å². The van der Waals surface area contributed by atoms with Crippen molar-refractivity contribution in [3.63, 3.8) is 0 Å². The maximum absolute atomic E-state index is 12.0. The predicted octanol–water partition coefficient (Wildman–Crippen LogP) is 0.914. The molecule has 6 nitrogen and oxygen atoms in total. The molecule has 6 heteroatoms. The normalized spacial score (nSPS) is 10.5. The number of hydrogen-bond donors (Lipinski definition) is 2. The highest BCUT2D eigenvalue weighted by Gasteiger charge is 2.13. The first-order valence-electron chi connectivity index (χ1n) is 6.16. The third kappa shape index (κ3) is 2.97. The van der Waals surface area contributed by atoms with Crippen molar-refractivity contribution in [2.45, 2.75) is 6.42 Å². The highest BCUT2D eigenvalue weighted by Crippen LogP contribution is 2.22. The van der Waals surface area contributed by atoms with Crippen molar-refractivity contribution >= 4 is 16.9 Å². The van der Waals surface area contributed by atoms with E-state index in [1.165, 1.54) is 7.11 Å². The molecule has 0 aliphatic heterocycles. The summed E-state index contributed by atoms with van der Waals surface area (Å²) in [5.74, 6) is 0.167. The average Bonchev–Trinajstić information content (AvgIpc) is 2.45. The summed E-state index contributed by atoms with van der Waals surface area (Å²) in [7, 11) is 1.50. The number of aliphatic hydroxyl groups excluding tert-OH is 1. The summed E-state index contributed by atoms with van der Waals surface area (Å²) in [6.45, 7) is 0.336. The van der Waals surface area contributed by atoms with Crippen LogP contribution in [0, 0.1) is 0 Å². The Morgan fingerprint density at radius 1 is 1.40 bits per heavy atom. The van der Waals surface area contributed by atoms with E-state index in [-0.39, 0.29) is 18.1 Å². The molecule has 0 aliphatic rings. The fraction of sp³-hybridized carbons (Fsp3) is 0.286. The second-order valence-electron chi connectivity index (χ2n) is 4.17. The van der Waals surface area contributed by atoms with Gasteiger partial charge >= 0.3 is 5.63 Å². The van der Waals surface area contributed by atoms with E-state index in [9.17, 15) is 9.59 Å². The molecule has 2 N–H and O–H groups in total. The quantitative estimate of drug-likeness (QED) is 0.626. The largest absolute Gasteiger partial charge is 0.497 e. The molecule has 0 radical (unpaired) electrons. The summed E-state index contributed by atoms with van der Waals surface area (Å²) >= 11 is 0. The molecule has 1 heterocycles. The summed E-state index contributed by atoms with van der Waals surface area (Å²) in [5.41, 5.74) is -0.0564. The summed E-state index contributed by atoms with van der Waals surface area (Å²) in [6.07, 6.45) is 0.457. The molecular weight excluding hydrogens is 262 g/mol. The van der Waals surface area contributed by atoms with E-state index < -0.39 is 5.63 Å². The summed E-state index contributed by atoms with van der Waals surface area (Å²) < 4.78 is 10.1. The molecule has 0 bridgehead atoms. The van der Waals surface area contributed by atoms with Gasteiger partial charge in [-0.15, -0.1) is 0 Å². The van der Waals surface area contributed by atoms with Crippen LogP contribution in [0.25, 0.3) is 11.0 Å². The minimum Gasteiger partial charge on any atom is -0.497 e. The molecule has 0 saturated heterocycles. The van der Waals surface area contributed by atoms with E-state index in [1.54, 1.807) is 18.2 Å². The molecular formula is C14H15NO5. The van der Waals surface area contributed by atoms with Gasteiger partial charge in [-0.05, 0) is 18.6 Å². The standard InChI is InChI=1S/C14H15NO5/c1-19-9-3-4-10-11(14(18)15-5-2-6-16)8-13(17)20-12(10)7-9/h3-4,7-8,16H,2,5-6H2,1H3,(H,15,18). The minimum atomic E-state index is -0.599. The third-order valence-electron chi connectivity index (χ3n) is 2.82. The Kier molecular flexibility index (Phi) is 4.37. The molecule has 1 amide bonds. The van der Waals surface area contributed by atoms with Crippen LogP contribution in [0.1, 0.15) is 16.8 Å². The van der Waals surface area contributed by atoms with Gasteiger partial charge in [0.15, 0.2) is 0 Å². The first kappa shape index (κ1) is 14.1. The molecule has 20 heavy (non-hydrogen) atoms. The van der Waals surface area contributed by atoms with Gasteiger partial charge in [-0.1, -0.05) is 0 Å². The van der Waals surface area contributed by atoms with Gasteiger partial charge in [0.25, 0.3) is 5.91 Å². The van der Waals surface area contributed by atoms with Gasteiger partial charge in [-0.3, -0.25) is 4.79 Å². The molecule has 1 aromatic carbocycles. The van der Waals surface area contributed by atoms with Gasteiger partial charge in [0.05, 0.1) is 12.7 Å². The molecule has 1 aromatic heterocycles. The van der Waals surface area contributed by atoms with Crippen molar-refractivity contribution in [3.8, 4) is 5.75 Å². The number of amides is 1. The highest BCUT2D eigenvalue weighted by atomic mass is 16.5. The molecule has 0 saturated carbocycles. The van der Waals surface area contributed by atoms with Crippen molar-refractivity contribution in [2.24, 2.45) is 0 Å². The highest BCUT2D eigenvalue weighted by molar-refractivity contribution is 6.05. The van der Waals surface area contributed by atoms with E-state index in [2.05, 4.69) is 5.32 Å². The van der Waals surface area contributed by atoms with Crippen LogP contribution >= 0.6 is 0 Å². The molecule has 106 valence electrons. The van der Waals surface area contributed by atoms with Crippen molar-refractivity contribution < 1.29 is 19.1 Å². The molecule has 0 aliphatic carbocycles. The minimum absolute atomic E-state index is 0.00481. The van der Waals surface area contributed by atoms with Gasteiger partial charge in [-0.25, -0.2) is 4.79 Å². The Morgan fingerprint density at radius 2 is 2.20 bits per heavy atom. The monoisotopic (exact) mass is 277 g/mol. The molecule has 0 spiro atoms. The number of aliphatic hydroxyl groups is 1. The molecule has 2 aromatic rings. The van der Waals surface area contributed by atoms with Gasteiger partial charge in [-0.2, -0.15) is 0 Å². The van der Waals surface area contributed by atoms with Gasteiger partial charge in [0, 0.05) is 30.7 Å². The van der Waals surface area contributed by atoms with Crippen LogP contribution in [0.3, 0.4) is 0 Å². The lowest BCUT2D eigenvalue weighted by atomic mass is 10.1. The maximum atomic E-state index is 12.0. The molecule has 0 unspecified atom stereocenters. The Morgan fingerprint density at radius 3 is 2.90 bits per heavy atom. The first-order chi connectivity index (χ1) is 9.65. The van der Waals surface area contributed by atoms with Crippen LogP contribution in [0.15, 0.2) is 33.5 Å². The second-order valence-corrected chi connectivity index (χ2v) is 4.17. The fourth-order valence-electron chi connectivity index (χ4n) is 1.83. The van der Waals surface area contributed by atoms with Crippen LogP contribution in [0.4, 0.5) is 0 Å².